The highest BCUT2D eigenvalue weighted by Gasteiger charge is 2.13. The molecule has 0 spiro atoms. The molecule has 0 unspecified atom stereocenters. The van der Waals surface area contributed by atoms with Crippen LogP contribution in [0.15, 0.2) is 24.3 Å². The fourth-order valence-electron chi connectivity index (χ4n) is 2.30. The Balaban J connectivity index is 1.99. The van der Waals surface area contributed by atoms with Crippen molar-refractivity contribution in [3.63, 3.8) is 0 Å². The lowest BCUT2D eigenvalue weighted by Crippen LogP contribution is -2.25. The smallest absolute Gasteiger partial charge is 0.161 e. The minimum Gasteiger partial charge on any atom is -0.493 e. The van der Waals surface area contributed by atoms with Crippen LogP contribution in [0.1, 0.15) is 28.7 Å². The van der Waals surface area contributed by atoms with E-state index in [0.717, 1.165) is 11.4 Å². The quantitative estimate of drug-likeness (QED) is 0.792. The van der Waals surface area contributed by atoms with Crippen molar-refractivity contribution in [2.24, 2.45) is 0 Å². The molecule has 6 heteroatoms. The lowest BCUT2D eigenvalue weighted by atomic mass is 10.1. The van der Waals surface area contributed by atoms with Gasteiger partial charge in [0.2, 0.25) is 0 Å². The Labute approximate surface area is 135 Å². The van der Waals surface area contributed by atoms with E-state index >= 15 is 0 Å². The number of aryl methyl sites for hydroxylation is 2. The zero-order valence-corrected chi connectivity index (χ0v) is 13.9. The summed E-state index contributed by atoms with van der Waals surface area (Å²) in [6.45, 7) is 5.81. The molecule has 6 nitrogen and oxygen atoms in total. The molecule has 0 saturated carbocycles. The maximum Gasteiger partial charge on any atom is 0.161 e. The molecule has 1 aromatic carbocycles. The lowest BCUT2D eigenvalue weighted by molar-refractivity contribution is 0.0872. The number of hydrogen-bond acceptors (Lipinski definition) is 5. The van der Waals surface area contributed by atoms with E-state index in [0.29, 0.717) is 23.6 Å². The predicted octanol–water partition coefficient (Wildman–Crippen LogP) is 2.15. The molecule has 0 saturated heterocycles. The van der Waals surface area contributed by atoms with Gasteiger partial charge in [-0.2, -0.15) is 5.10 Å². The van der Waals surface area contributed by atoms with Gasteiger partial charge >= 0.3 is 0 Å². The third-order valence-electron chi connectivity index (χ3n) is 3.49. The second-order valence-corrected chi connectivity index (χ2v) is 5.50. The third kappa shape index (κ3) is 4.32. The van der Waals surface area contributed by atoms with Crippen molar-refractivity contribution < 1.29 is 19.4 Å². The summed E-state index contributed by atoms with van der Waals surface area (Å²) in [6, 6.07) is 6.93. The van der Waals surface area contributed by atoms with E-state index in [1.165, 1.54) is 14.0 Å². The van der Waals surface area contributed by atoms with Crippen molar-refractivity contribution in [1.82, 2.24) is 9.78 Å². The van der Waals surface area contributed by atoms with Crippen molar-refractivity contribution in [3.8, 4) is 11.5 Å². The van der Waals surface area contributed by atoms with Crippen LogP contribution in [0, 0.1) is 13.8 Å². The number of carbonyl (C=O) groups is 1. The Morgan fingerprint density at radius 3 is 2.61 bits per heavy atom. The van der Waals surface area contributed by atoms with Crippen LogP contribution in [-0.4, -0.2) is 40.5 Å². The zero-order chi connectivity index (χ0) is 17.0. The maximum atomic E-state index is 11.4. The Bertz CT molecular complexity index is 694. The standard InChI is InChI=1S/C17H22N2O4/c1-11-7-12(2)19(18-11)9-15(21)10-23-16-6-5-14(13(3)20)8-17(16)22-4/h5-8,15,21H,9-10H2,1-4H3/t15-/m1/s1. The van der Waals surface area contributed by atoms with Crippen molar-refractivity contribution in [1.29, 1.82) is 0 Å². The van der Waals surface area contributed by atoms with Crippen LogP contribution >= 0.6 is 0 Å². The number of aromatic nitrogens is 2. The molecule has 0 fully saturated rings. The zero-order valence-electron chi connectivity index (χ0n) is 13.9. The molecule has 1 atom stereocenters. The second kappa shape index (κ2) is 7.28. The van der Waals surface area contributed by atoms with Crippen LogP contribution in [0.5, 0.6) is 11.5 Å². The van der Waals surface area contributed by atoms with E-state index in [1.54, 1.807) is 22.9 Å². The summed E-state index contributed by atoms with van der Waals surface area (Å²) in [5.41, 5.74) is 2.46. The van der Waals surface area contributed by atoms with Gasteiger partial charge in [0.1, 0.15) is 12.7 Å². The molecular formula is C17H22N2O4. The second-order valence-electron chi connectivity index (χ2n) is 5.50. The van der Waals surface area contributed by atoms with Crippen LogP contribution < -0.4 is 9.47 Å². The van der Waals surface area contributed by atoms with Gasteiger partial charge in [0, 0.05) is 11.3 Å². The monoisotopic (exact) mass is 318 g/mol. The fourth-order valence-corrected chi connectivity index (χ4v) is 2.30. The highest BCUT2D eigenvalue weighted by atomic mass is 16.5. The number of aliphatic hydroxyl groups excluding tert-OH is 1. The number of aliphatic hydroxyl groups is 1. The first-order valence-corrected chi connectivity index (χ1v) is 7.41. The highest BCUT2D eigenvalue weighted by molar-refractivity contribution is 5.94. The van der Waals surface area contributed by atoms with Crippen molar-refractivity contribution in [3.05, 3.63) is 41.2 Å². The summed E-state index contributed by atoms with van der Waals surface area (Å²) in [7, 11) is 1.51. The normalized spacial score (nSPS) is 12.0. The van der Waals surface area contributed by atoms with E-state index in [9.17, 15) is 9.90 Å². The molecule has 0 radical (unpaired) electrons. The number of ether oxygens (including phenoxy) is 2. The van der Waals surface area contributed by atoms with E-state index in [1.807, 2.05) is 19.9 Å². The maximum absolute atomic E-state index is 11.4. The molecule has 124 valence electrons. The van der Waals surface area contributed by atoms with Gasteiger partial charge in [0.05, 0.1) is 19.3 Å². The molecule has 0 aliphatic rings. The van der Waals surface area contributed by atoms with Gasteiger partial charge in [-0.1, -0.05) is 0 Å². The Kier molecular flexibility index (Phi) is 5.39. The summed E-state index contributed by atoms with van der Waals surface area (Å²) in [6.07, 6.45) is -0.704. The number of carbonyl (C=O) groups excluding carboxylic acids is 1. The molecule has 23 heavy (non-hydrogen) atoms. The van der Waals surface area contributed by atoms with Crippen LogP contribution in [0.25, 0.3) is 0 Å². The van der Waals surface area contributed by atoms with Gasteiger partial charge in [0.25, 0.3) is 0 Å². The number of ketones is 1. The van der Waals surface area contributed by atoms with Crippen LogP contribution in [-0.2, 0) is 6.54 Å². The summed E-state index contributed by atoms with van der Waals surface area (Å²) >= 11 is 0. The molecule has 2 aromatic rings. The summed E-state index contributed by atoms with van der Waals surface area (Å²) in [5.74, 6) is 0.917. The Morgan fingerprint density at radius 2 is 2.04 bits per heavy atom. The van der Waals surface area contributed by atoms with E-state index in [-0.39, 0.29) is 12.4 Å². The van der Waals surface area contributed by atoms with Crippen LogP contribution in [0.3, 0.4) is 0 Å². The molecule has 1 aromatic heterocycles. The summed E-state index contributed by atoms with van der Waals surface area (Å²) in [4.78, 5) is 11.4. The topological polar surface area (TPSA) is 73.6 Å². The van der Waals surface area contributed by atoms with Gasteiger partial charge in [-0.05, 0) is 45.0 Å². The number of Topliss-reactive ketones (excluding diaryl/α,β-unsaturated/α-hetero) is 1. The van der Waals surface area contributed by atoms with Gasteiger partial charge in [-0.3, -0.25) is 9.48 Å². The summed E-state index contributed by atoms with van der Waals surface area (Å²) in [5, 5.41) is 14.4. The van der Waals surface area contributed by atoms with Crippen LogP contribution in [0.2, 0.25) is 0 Å². The minimum absolute atomic E-state index is 0.0422. The van der Waals surface area contributed by atoms with Gasteiger partial charge in [-0.25, -0.2) is 0 Å². The molecule has 1 N–H and O–H groups in total. The van der Waals surface area contributed by atoms with Gasteiger partial charge in [-0.15, -0.1) is 0 Å². The van der Waals surface area contributed by atoms with Gasteiger partial charge < -0.3 is 14.6 Å². The first-order chi connectivity index (χ1) is 10.9. The molecule has 0 bridgehead atoms. The molecular weight excluding hydrogens is 296 g/mol. The highest BCUT2D eigenvalue weighted by Crippen LogP contribution is 2.28. The van der Waals surface area contributed by atoms with Crippen molar-refractivity contribution in [2.45, 2.75) is 33.4 Å². The number of hydrogen-bond donors (Lipinski definition) is 1. The average molecular weight is 318 g/mol. The number of rotatable bonds is 7. The SMILES string of the molecule is COc1cc(C(C)=O)ccc1OC[C@H](O)Cn1nc(C)cc1C. The number of nitrogens with zero attached hydrogens (tertiary/aromatic N) is 2. The third-order valence-corrected chi connectivity index (χ3v) is 3.49. The first-order valence-electron chi connectivity index (χ1n) is 7.41. The summed E-state index contributed by atoms with van der Waals surface area (Å²) < 4.78 is 12.6. The molecule has 0 aliphatic heterocycles. The van der Waals surface area contributed by atoms with Crippen LogP contribution in [0.4, 0.5) is 0 Å². The number of methoxy groups -OCH3 is 1. The minimum atomic E-state index is -0.704. The van der Waals surface area contributed by atoms with E-state index < -0.39 is 6.10 Å². The van der Waals surface area contributed by atoms with Gasteiger partial charge in [0.15, 0.2) is 17.3 Å². The largest absolute Gasteiger partial charge is 0.493 e. The lowest BCUT2D eigenvalue weighted by Gasteiger charge is -2.15. The van der Waals surface area contributed by atoms with E-state index in [2.05, 4.69) is 5.10 Å². The Hall–Kier alpha value is -2.34. The van der Waals surface area contributed by atoms with Crippen molar-refractivity contribution in [2.75, 3.05) is 13.7 Å². The molecule has 0 amide bonds. The van der Waals surface area contributed by atoms with E-state index in [4.69, 9.17) is 9.47 Å². The molecule has 0 aliphatic carbocycles. The predicted molar refractivity (Wildman–Crippen MR) is 86.2 cm³/mol. The first kappa shape index (κ1) is 17.0. The molecule has 2 rings (SSSR count). The molecule has 1 heterocycles. The fraction of sp³-hybridized carbons (Fsp3) is 0.412. The Morgan fingerprint density at radius 1 is 1.30 bits per heavy atom. The van der Waals surface area contributed by atoms with Crippen molar-refractivity contribution >= 4 is 5.78 Å². The number of benzene rings is 1. The average Bonchev–Trinajstić information content (AvgIpc) is 2.82.